The second-order valence-corrected chi connectivity index (χ2v) is 4.37. The highest BCUT2D eigenvalue weighted by atomic mass is 79.9. The summed E-state index contributed by atoms with van der Waals surface area (Å²) in [6, 6.07) is 4.39. The molecule has 2 nitrogen and oxygen atoms in total. The van der Waals surface area contributed by atoms with Gasteiger partial charge in [0.25, 0.3) is 0 Å². The van der Waals surface area contributed by atoms with Gasteiger partial charge in [0.15, 0.2) is 0 Å². The van der Waals surface area contributed by atoms with E-state index in [-0.39, 0.29) is 5.82 Å². The first kappa shape index (κ1) is 9.65. The molecule has 0 spiro atoms. The molecule has 0 amide bonds. The van der Waals surface area contributed by atoms with Gasteiger partial charge in [0.2, 0.25) is 0 Å². The smallest absolute Gasteiger partial charge is 0.314 e. The summed E-state index contributed by atoms with van der Waals surface area (Å²) in [5.74, 6) is -1.19. The molecule has 0 radical (unpaired) electrons. The summed E-state index contributed by atoms with van der Waals surface area (Å²) in [5, 5.41) is 9.01. The lowest BCUT2D eigenvalue weighted by molar-refractivity contribution is -0.140. The Labute approximate surface area is 88.9 Å². The molecule has 14 heavy (non-hydrogen) atoms. The molecular weight excluding hydrogens is 251 g/mol. The van der Waals surface area contributed by atoms with E-state index in [0.29, 0.717) is 22.9 Å². The Kier molecular flexibility index (Phi) is 2.10. The van der Waals surface area contributed by atoms with Crippen molar-refractivity contribution in [1.82, 2.24) is 0 Å². The largest absolute Gasteiger partial charge is 0.481 e. The molecule has 1 saturated carbocycles. The van der Waals surface area contributed by atoms with Crippen LogP contribution >= 0.6 is 15.9 Å². The average Bonchev–Trinajstić information content (AvgIpc) is 2.90. The predicted molar refractivity (Wildman–Crippen MR) is 52.6 cm³/mol. The molecule has 74 valence electrons. The second-order valence-electron chi connectivity index (χ2n) is 3.52. The van der Waals surface area contributed by atoms with Gasteiger partial charge < -0.3 is 5.11 Å². The van der Waals surface area contributed by atoms with Crippen molar-refractivity contribution in [3.8, 4) is 0 Å². The summed E-state index contributed by atoms with van der Waals surface area (Å²) in [5.41, 5.74) is -0.0748. The number of carboxylic acid groups (broad SMARTS) is 1. The number of halogens is 2. The van der Waals surface area contributed by atoms with Crippen molar-refractivity contribution in [2.75, 3.05) is 0 Å². The van der Waals surface area contributed by atoms with E-state index in [4.69, 9.17) is 5.11 Å². The Hall–Kier alpha value is -0.900. The van der Waals surface area contributed by atoms with Crippen molar-refractivity contribution >= 4 is 21.9 Å². The van der Waals surface area contributed by atoms with E-state index in [0.717, 1.165) is 0 Å². The minimum absolute atomic E-state index is 0.322. The van der Waals surface area contributed by atoms with E-state index in [2.05, 4.69) is 15.9 Å². The minimum Gasteiger partial charge on any atom is -0.481 e. The Balaban J connectivity index is 2.43. The molecule has 2 rings (SSSR count). The van der Waals surface area contributed by atoms with Crippen LogP contribution in [-0.2, 0) is 10.2 Å². The quantitative estimate of drug-likeness (QED) is 0.886. The van der Waals surface area contributed by atoms with Gasteiger partial charge in [-0.15, -0.1) is 0 Å². The normalized spacial score (nSPS) is 17.9. The van der Waals surface area contributed by atoms with E-state index >= 15 is 0 Å². The monoisotopic (exact) mass is 258 g/mol. The molecule has 0 unspecified atom stereocenters. The van der Waals surface area contributed by atoms with Crippen molar-refractivity contribution < 1.29 is 14.3 Å². The van der Waals surface area contributed by atoms with Gasteiger partial charge in [0, 0.05) is 0 Å². The SMILES string of the molecule is O=C(O)C1(c2ccc(F)c(Br)c2)CC1. The molecule has 0 aliphatic heterocycles. The lowest BCUT2D eigenvalue weighted by Gasteiger charge is -2.10. The first-order valence-electron chi connectivity index (χ1n) is 4.25. The van der Waals surface area contributed by atoms with Crippen LogP contribution in [0.4, 0.5) is 4.39 Å². The summed E-state index contributed by atoms with van der Waals surface area (Å²) in [6.45, 7) is 0. The lowest BCUT2D eigenvalue weighted by Crippen LogP contribution is -2.19. The third-order valence-electron chi connectivity index (χ3n) is 2.63. The maximum absolute atomic E-state index is 12.9. The maximum Gasteiger partial charge on any atom is 0.314 e. The Morgan fingerprint density at radius 3 is 2.57 bits per heavy atom. The third kappa shape index (κ3) is 1.34. The van der Waals surface area contributed by atoms with Crippen LogP contribution in [0, 0.1) is 5.82 Å². The van der Waals surface area contributed by atoms with E-state index < -0.39 is 11.4 Å². The highest BCUT2D eigenvalue weighted by molar-refractivity contribution is 9.10. The number of hydrogen-bond acceptors (Lipinski definition) is 1. The number of benzene rings is 1. The highest BCUT2D eigenvalue weighted by Gasteiger charge is 2.51. The van der Waals surface area contributed by atoms with Crippen LogP contribution in [0.2, 0.25) is 0 Å². The Morgan fingerprint density at radius 1 is 1.50 bits per heavy atom. The van der Waals surface area contributed by atoms with E-state index in [9.17, 15) is 9.18 Å². The van der Waals surface area contributed by atoms with E-state index in [1.54, 1.807) is 12.1 Å². The summed E-state index contributed by atoms with van der Waals surface area (Å²) in [4.78, 5) is 11.0. The lowest BCUT2D eigenvalue weighted by atomic mass is 9.96. The molecule has 1 aromatic rings. The topological polar surface area (TPSA) is 37.3 Å². The van der Waals surface area contributed by atoms with Gasteiger partial charge in [-0.05, 0) is 46.5 Å². The molecule has 1 fully saturated rings. The first-order valence-corrected chi connectivity index (χ1v) is 5.04. The predicted octanol–water partition coefficient (Wildman–Crippen LogP) is 2.70. The number of carbonyl (C=O) groups is 1. The van der Waals surface area contributed by atoms with Crippen LogP contribution in [0.1, 0.15) is 18.4 Å². The fraction of sp³-hybridized carbons (Fsp3) is 0.300. The van der Waals surface area contributed by atoms with Crippen LogP contribution in [0.3, 0.4) is 0 Å². The van der Waals surface area contributed by atoms with E-state index in [1.807, 2.05) is 0 Å². The molecule has 0 aromatic heterocycles. The molecule has 0 atom stereocenters. The maximum atomic E-state index is 12.9. The molecule has 1 aromatic carbocycles. The third-order valence-corrected chi connectivity index (χ3v) is 3.24. The molecule has 1 aliphatic rings. The zero-order valence-corrected chi connectivity index (χ0v) is 8.84. The van der Waals surface area contributed by atoms with Gasteiger partial charge in [-0.1, -0.05) is 6.07 Å². The van der Waals surface area contributed by atoms with Crippen molar-refractivity contribution in [3.63, 3.8) is 0 Å². The fourth-order valence-electron chi connectivity index (χ4n) is 1.54. The number of rotatable bonds is 2. The van der Waals surface area contributed by atoms with Gasteiger partial charge >= 0.3 is 5.97 Å². The minimum atomic E-state index is -0.823. The van der Waals surface area contributed by atoms with Gasteiger partial charge in [-0.25, -0.2) is 4.39 Å². The Bertz CT molecular complexity index is 399. The van der Waals surface area contributed by atoms with Gasteiger partial charge in [0.05, 0.1) is 9.89 Å². The van der Waals surface area contributed by atoms with Crippen molar-refractivity contribution in [2.24, 2.45) is 0 Å². The molecule has 0 saturated heterocycles. The van der Waals surface area contributed by atoms with Gasteiger partial charge in [0.1, 0.15) is 5.82 Å². The fourth-order valence-corrected chi connectivity index (χ4v) is 1.92. The number of carboxylic acids is 1. The number of hydrogen-bond donors (Lipinski definition) is 1. The van der Waals surface area contributed by atoms with Crippen LogP contribution in [0.5, 0.6) is 0 Å². The number of aliphatic carboxylic acids is 1. The molecule has 0 heterocycles. The zero-order valence-electron chi connectivity index (χ0n) is 7.26. The van der Waals surface area contributed by atoms with Crippen LogP contribution in [0.15, 0.2) is 22.7 Å². The van der Waals surface area contributed by atoms with Crippen molar-refractivity contribution in [3.05, 3.63) is 34.1 Å². The van der Waals surface area contributed by atoms with Crippen molar-refractivity contribution in [1.29, 1.82) is 0 Å². The summed E-state index contributed by atoms with van der Waals surface area (Å²) >= 11 is 3.05. The molecule has 4 heteroatoms. The molecular formula is C10H8BrFO2. The standard InChI is InChI=1S/C10H8BrFO2/c11-7-5-6(1-2-8(7)12)10(3-4-10)9(13)14/h1-2,5H,3-4H2,(H,13,14). The van der Waals surface area contributed by atoms with Crippen LogP contribution in [0.25, 0.3) is 0 Å². The summed E-state index contributed by atoms with van der Waals surface area (Å²) in [7, 11) is 0. The van der Waals surface area contributed by atoms with E-state index in [1.165, 1.54) is 6.07 Å². The molecule has 1 aliphatic carbocycles. The van der Waals surface area contributed by atoms with Crippen LogP contribution < -0.4 is 0 Å². The summed E-state index contributed by atoms with van der Waals surface area (Å²) in [6.07, 6.45) is 1.28. The zero-order chi connectivity index (χ0) is 10.3. The summed E-state index contributed by atoms with van der Waals surface area (Å²) < 4.78 is 13.2. The molecule has 0 bridgehead atoms. The Morgan fingerprint density at radius 2 is 2.14 bits per heavy atom. The first-order chi connectivity index (χ1) is 6.56. The average molecular weight is 259 g/mol. The molecule has 1 N–H and O–H groups in total. The van der Waals surface area contributed by atoms with Crippen LogP contribution in [-0.4, -0.2) is 11.1 Å². The second kappa shape index (κ2) is 3.05. The highest BCUT2D eigenvalue weighted by Crippen LogP contribution is 2.48. The van der Waals surface area contributed by atoms with Gasteiger partial charge in [-0.2, -0.15) is 0 Å². The van der Waals surface area contributed by atoms with Gasteiger partial charge in [-0.3, -0.25) is 4.79 Å². The van der Waals surface area contributed by atoms with Crippen molar-refractivity contribution in [2.45, 2.75) is 18.3 Å².